The minimum atomic E-state index is 0.0663. The highest BCUT2D eigenvalue weighted by Crippen LogP contribution is 2.25. The van der Waals surface area contributed by atoms with Gasteiger partial charge < -0.3 is 9.80 Å². The highest BCUT2D eigenvalue weighted by molar-refractivity contribution is 5.79. The smallest absolute Gasteiger partial charge is 0.227 e. The minimum Gasteiger partial charge on any atom is -0.356 e. The molecular weight excluding hydrogens is 318 g/mol. The van der Waals surface area contributed by atoms with E-state index >= 15 is 0 Å². The van der Waals surface area contributed by atoms with Crippen LogP contribution in [-0.4, -0.2) is 61.7 Å². The first-order valence-electron chi connectivity index (χ1n) is 9.02. The van der Waals surface area contributed by atoms with Crippen LogP contribution in [0.5, 0.6) is 0 Å². The zero-order valence-corrected chi connectivity index (χ0v) is 14.3. The third-order valence-electron chi connectivity index (χ3n) is 5.05. The third-order valence-corrected chi connectivity index (χ3v) is 5.05. The number of likely N-dealkylation sites (tertiary alicyclic amines) is 1. The van der Waals surface area contributed by atoms with E-state index in [9.17, 15) is 4.79 Å². The molecule has 0 aromatic carbocycles. The molecule has 1 unspecified atom stereocenters. The Labute approximate surface area is 146 Å². The molecule has 8 heteroatoms. The summed E-state index contributed by atoms with van der Waals surface area (Å²) >= 11 is 0. The van der Waals surface area contributed by atoms with Crippen LogP contribution in [0.3, 0.4) is 0 Å². The molecule has 2 aromatic heterocycles. The maximum Gasteiger partial charge on any atom is 0.227 e. The van der Waals surface area contributed by atoms with Crippen LogP contribution in [0.25, 0.3) is 5.82 Å². The monoisotopic (exact) mass is 341 g/mol. The van der Waals surface area contributed by atoms with Gasteiger partial charge in [-0.1, -0.05) is 0 Å². The largest absolute Gasteiger partial charge is 0.356 e. The second-order valence-electron chi connectivity index (χ2n) is 6.75. The van der Waals surface area contributed by atoms with E-state index in [0.29, 0.717) is 11.7 Å². The predicted octanol–water partition coefficient (Wildman–Crippen LogP) is 1.29. The van der Waals surface area contributed by atoms with Crippen LogP contribution in [0.15, 0.2) is 25.0 Å². The van der Waals surface area contributed by atoms with Gasteiger partial charge in [0.15, 0.2) is 5.82 Å². The van der Waals surface area contributed by atoms with Crippen LogP contribution in [0, 0.1) is 5.92 Å². The van der Waals surface area contributed by atoms with E-state index in [1.54, 1.807) is 17.3 Å². The van der Waals surface area contributed by atoms with Gasteiger partial charge in [-0.25, -0.2) is 19.6 Å². The molecule has 4 heterocycles. The quantitative estimate of drug-likeness (QED) is 0.837. The van der Waals surface area contributed by atoms with E-state index in [2.05, 4.69) is 29.9 Å². The van der Waals surface area contributed by atoms with Crippen LogP contribution in [0.4, 0.5) is 5.82 Å². The van der Waals surface area contributed by atoms with E-state index in [1.165, 1.54) is 12.7 Å². The van der Waals surface area contributed by atoms with Crippen molar-refractivity contribution in [2.75, 3.05) is 31.1 Å². The maximum atomic E-state index is 12.8. The molecule has 25 heavy (non-hydrogen) atoms. The second kappa shape index (κ2) is 7.16. The van der Waals surface area contributed by atoms with E-state index in [0.717, 1.165) is 57.7 Å². The van der Waals surface area contributed by atoms with Crippen LogP contribution in [-0.2, 0) is 4.79 Å². The Balaban J connectivity index is 1.47. The molecular formula is C17H23N7O. The topological polar surface area (TPSA) is 80.0 Å². The summed E-state index contributed by atoms with van der Waals surface area (Å²) in [6.07, 6.45) is 10.1. The summed E-state index contributed by atoms with van der Waals surface area (Å²) in [4.78, 5) is 29.7. The maximum absolute atomic E-state index is 12.8. The molecule has 0 saturated carbocycles. The van der Waals surface area contributed by atoms with Gasteiger partial charge in [-0.05, 0) is 32.1 Å². The summed E-state index contributed by atoms with van der Waals surface area (Å²) in [5, 5.41) is 4.11. The van der Waals surface area contributed by atoms with Crippen LogP contribution >= 0.6 is 0 Å². The molecule has 4 rings (SSSR count). The average Bonchev–Trinajstić information content (AvgIpc) is 3.23. The first-order valence-corrected chi connectivity index (χ1v) is 9.02. The lowest BCUT2D eigenvalue weighted by Gasteiger charge is -2.36. The molecule has 8 nitrogen and oxygen atoms in total. The second-order valence-corrected chi connectivity index (χ2v) is 6.75. The summed E-state index contributed by atoms with van der Waals surface area (Å²) in [5.41, 5.74) is 0. The molecule has 2 aromatic rings. The van der Waals surface area contributed by atoms with Crippen molar-refractivity contribution >= 4 is 11.7 Å². The van der Waals surface area contributed by atoms with Gasteiger partial charge in [-0.15, -0.1) is 0 Å². The lowest BCUT2D eigenvalue weighted by molar-refractivity contribution is -0.136. The molecule has 0 bridgehead atoms. The fourth-order valence-corrected chi connectivity index (χ4v) is 3.72. The number of rotatable bonds is 3. The Morgan fingerprint density at radius 2 is 1.84 bits per heavy atom. The Morgan fingerprint density at radius 3 is 2.64 bits per heavy atom. The van der Waals surface area contributed by atoms with Crippen molar-refractivity contribution in [1.82, 2.24) is 29.6 Å². The highest BCUT2D eigenvalue weighted by Gasteiger charge is 2.30. The molecule has 2 aliphatic heterocycles. The van der Waals surface area contributed by atoms with Gasteiger partial charge in [0.2, 0.25) is 5.91 Å². The lowest BCUT2D eigenvalue weighted by atomic mass is 9.95. The summed E-state index contributed by atoms with van der Waals surface area (Å²) in [5.74, 6) is 1.91. The number of carbonyl (C=O) groups excluding carboxylic acids is 1. The van der Waals surface area contributed by atoms with Gasteiger partial charge in [0.05, 0.1) is 5.92 Å². The minimum absolute atomic E-state index is 0.0663. The zero-order valence-electron chi connectivity index (χ0n) is 14.3. The number of piperidine rings is 2. The highest BCUT2D eigenvalue weighted by atomic mass is 16.2. The number of hydrogen-bond donors (Lipinski definition) is 0. The molecule has 0 N–H and O–H groups in total. The van der Waals surface area contributed by atoms with Crippen molar-refractivity contribution in [3.8, 4) is 5.82 Å². The van der Waals surface area contributed by atoms with Crippen LogP contribution in [0.2, 0.25) is 0 Å². The van der Waals surface area contributed by atoms with Gasteiger partial charge >= 0.3 is 0 Å². The molecule has 0 radical (unpaired) electrons. The SMILES string of the molecule is O=C(C1CCCN(c2cc(-n3cncn3)ncn2)C1)N1CCCCC1. The van der Waals surface area contributed by atoms with Crippen molar-refractivity contribution in [2.45, 2.75) is 32.1 Å². The van der Waals surface area contributed by atoms with E-state index in [1.807, 2.05) is 6.07 Å². The number of carbonyl (C=O) groups is 1. The summed E-state index contributed by atoms with van der Waals surface area (Å²) < 4.78 is 1.62. The van der Waals surface area contributed by atoms with Crippen LogP contribution < -0.4 is 4.90 Å². The molecule has 2 aliphatic rings. The third kappa shape index (κ3) is 3.47. The average molecular weight is 341 g/mol. The molecule has 0 spiro atoms. The first-order chi connectivity index (χ1) is 12.3. The van der Waals surface area contributed by atoms with Crippen LogP contribution in [0.1, 0.15) is 32.1 Å². The number of nitrogens with zero attached hydrogens (tertiary/aromatic N) is 7. The van der Waals surface area contributed by atoms with Gasteiger partial charge in [0.25, 0.3) is 0 Å². The van der Waals surface area contributed by atoms with Crippen molar-refractivity contribution in [1.29, 1.82) is 0 Å². The van der Waals surface area contributed by atoms with E-state index < -0.39 is 0 Å². The van der Waals surface area contributed by atoms with Gasteiger partial charge in [-0.3, -0.25) is 4.79 Å². The van der Waals surface area contributed by atoms with E-state index in [4.69, 9.17) is 0 Å². The van der Waals surface area contributed by atoms with Gasteiger partial charge in [0.1, 0.15) is 24.8 Å². The molecule has 2 saturated heterocycles. The molecule has 2 fully saturated rings. The molecule has 0 aliphatic carbocycles. The lowest BCUT2D eigenvalue weighted by Crippen LogP contribution is -2.46. The number of hydrogen-bond acceptors (Lipinski definition) is 6. The van der Waals surface area contributed by atoms with Crippen molar-refractivity contribution in [3.05, 3.63) is 25.0 Å². The van der Waals surface area contributed by atoms with Crippen molar-refractivity contribution in [3.63, 3.8) is 0 Å². The van der Waals surface area contributed by atoms with Crippen molar-refractivity contribution in [2.24, 2.45) is 5.92 Å². The Hall–Kier alpha value is -2.51. The fraction of sp³-hybridized carbons (Fsp3) is 0.588. The fourth-order valence-electron chi connectivity index (χ4n) is 3.72. The standard InChI is InChI=1S/C17H23N7O/c25-17(22-6-2-1-3-7-22)14-5-4-8-23(10-14)15-9-16(20-12-19-15)24-13-18-11-21-24/h9,11-14H,1-8,10H2. The van der Waals surface area contributed by atoms with E-state index in [-0.39, 0.29) is 5.92 Å². The molecule has 132 valence electrons. The summed E-state index contributed by atoms with van der Waals surface area (Å²) in [6.45, 7) is 3.47. The Morgan fingerprint density at radius 1 is 1.00 bits per heavy atom. The molecule has 1 atom stereocenters. The van der Waals surface area contributed by atoms with Gasteiger partial charge in [0, 0.05) is 32.2 Å². The first kappa shape index (κ1) is 16.0. The van der Waals surface area contributed by atoms with Crippen molar-refractivity contribution < 1.29 is 4.79 Å². The number of amides is 1. The summed E-state index contributed by atoms with van der Waals surface area (Å²) in [6, 6.07) is 1.91. The zero-order chi connectivity index (χ0) is 17.1. The predicted molar refractivity (Wildman–Crippen MR) is 92.3 cm³/mol. The number of aromatic nitrogens is 5. The Kier molecular flexibility index (Phi) is 4.58. The van der Waals surface area contributed by atoms with Gasteiger partial charge in [-0.2, -0.15) is 5.10 Å². The number of anilines is 1. The Bertz CT molecular complexity index is 712. The molecule has 1 amide bonds. The normalized spacial score (nSPS) is 21.4. The summed E-state index contributed by atoms with van der Waals surface area (Å²) in [7, 11) is 0.